The van der Waals surface area contributed by atoms with Crippen LogP contribution in [0.15, 0.2) is 0 Å². The Kier molecular flexibility index (Phi) is 6.14. The average molecular weight is 230 g/mol. The Bertz CT molecular complexity index is 278. The molecule has 16 heavy (non-hydrogen) atoms. The Hall–Kier alpha value is -1.59. The van der Waals surface area contributed by atoms with E-state index in [2.05, 4.69) is 10.6 Å². The van der Waals surface area contributed by atoms with Crippen LogP contribution in [-0.4, -0.2) is 35.5 Å². The van der Waals surface area contributed by atoms with Gasteiger partial charge >= 0.3 is 5.97 Å². The second-order valence-electron chi connectivity index (χ2n) is 3.68. The lowest BCUT2D eigenvalue weighted by Gasteiger charge is -2.20. The van der Waals surface area contributed by atoms with Crippen LogP contribution in [0.2, 0.25) is 0 Å². The van der Waals surface area contributed by atoms with Crippen molar-refractivity contribution in [2.24, 2.45) is 5.92 Å². The Morgan fingerprint density at radius 1 is 1.31 bits per heavy atom. The van der Waals surface area contributed by atoms with Gasteiger partial charge in [-0.05, 0) is 5.92 Å². The Morgan fingerprint density at radius 3 is 2.25 bits per heavy atom. The van der Waals surface area contributed by atoms with Crippen LogP contribution >= 0.6 is 0 Å². The van der Waals surface area contributed by atoms with Gasteiger partial charge in [0.25, 0.3) is 0 Å². The maximum atomic E-state index is 11.3. The Morgan fingerprint density at radius 2 is 1.88 bits per heavy atom. The lowest BCUT2D eigenvalue weighted by Crippen LogP contribution is -2.48. The Balaban J connectivity index is 4.24. The lowest BCUT2D eigenvalue weighted by molar-refractivity contribution is -0.143. The van der Waals surface area contributed by atoms with E-state index >= 15 is 0 Å². The number of aliphatic carboxylic acids is 1. The van der Waals surface area contributed by atoms with E-state index in [9.17, 15) is 14.4 Å². The molecule has 0 aliphatic rings. The summed E-state index contributed by atoms with van der Waals surface area (Å²) in [7, 11) is 0. The third kappa shape index (κ3) is 5.33. The molecule has 6 heteroatoms. The molecule has 2 amide bonds. The van der Waals surface area contributed by atoms with E-state index in [1.54, 1.807) is 6.92 Å². The molecule has 0 aliphatic heterocycles. The monoisotopic (exact) mass is 230 g/mol. The molecular weight excluding hydrogens is 212 g/mol. The molecule has 2 atom stereocenters. The van der Waals surface area contributed by atoms with E-state index < -0.39 is 17.9 Å². The molecule has 3 N–H and O–H groups in total. The maximum absolute atomic E-state index is 11.3. The highest BCUT2D eigenvalue weighted by molar-refractivity contribution is 5.87. The van der Waals surface area contributed by atoms with Crippen molar-refractivity contribution in [2.75, 3.05) is 6.54 Å². The normalized spacial score (nSPS) is 13.7. The third-order valence-corrected chi connectivity index (χ3v) is 2.29. The number of carbonyl (C=O) groups is 3. The SMILES string of the molecule is CC[C@H](C)[C@H](NC(=O)CNC(C)=O)C(=O)O. The number of rotatable bonds is 6. The van der Waals surface area contributed by atoms with Crippen molar-refractivity contribution in [1.82, 2.24) is 10.6 Å². The molecular formula is C10H18N2O4. The lowest BCUT2D eigenvalue weighted by atomic mass is 9.99. The predicted octanol–water partition coefficient (Wildman–Crippen LogP) is -0.262. The number of nitrogens with one attached hydrogen (secondary N) is 2. The first-order chi connectivity index (χ1) is 7.38. The van der Waals surface area contributed by atoms with Crippen LogP contribution in [0.3, 0.4) is 0 Å². The summed E-state index contributed by atoms with van der Waals surface area (Å²) in [6.45, 7) is 4.68. The number of carboxylic acids is 1. The van der Waals surface area contributed by atoms with Gasteiger partial charge in [0, 0.05) is 6.92 Å². The van der Waals surface area contributed by atoms with Gasteiger partial charge in [0.15, 0.2) is 0 Å². The zero-order valence-electron chi connectivity index (χ0n) is 9.74. The summed E-state index contributed by atoms with van der Waals surface area (Å²) in [5.41, 5.74) is 0. The van der Waals surface area contributed by atoms with Gasteiger partial charge < -0.3 is 15.7 Å². The fourth-order valence-electron chi connectivity index (χ4n) is 1.11. The van der Waals surface area contributed by atoms with E-state index in [-0.39, 0.29) is 18.4 Å². The molecule has 0 aromatic heterocycles. The van der Waals surface area contributed by atoms with Crippen LogP contribution in [-0.2, 0) is 14.4 Å². The molecule has 0 unspecified atom stereocenters. The number of amides is 2. The number of carbonyl (C=O) groups excluding carboxylic acids is 2. The third-order valence-electron chi connectivity index (χ3n) is 2.29. The molecule has 0 saturated heterocycles. The number of hydrogen-bond donors (Lipinski definition) is 3. The van der Waals surface area contributed by atoms with Gasteiger partial charge in [-0.25, -0.2) is 4.79 Å². The van der Waals surface area contributed by atoms with Gasteiger partial charge in [-0.15, -0.1) is 0 Å². The molecule has 0 aromatic rings. The predicted molar refractivity (Wildman–Crippen MR) is 57.7 cm³/mol. The minimum Gasteiger partial charge on any atom is -0.480 e. The molecule has 6 nitrogen and oxygen atoms in total. The van der Waals surface area contributed by atoms with Crippen molar-refractivity contribution in [1.29, 1.82) is 0 Å². The van der Waals surface area contributed by atoms with Crippen LogP contribution in [0.25, 0.3) is 0 Å². The number of hydrogen-bond acceptors (Lipinski definition) is 3. The maximum Gasteiger partial charge on any atom is 0.326 e. The summed E-state index contributed by atoms with van der Waals surface area (Å²) < 4.78 is 0. The molecule has 0 aliphatic carbocycles. The van der Waals surface area contributed by atoms with Crippen LogP contribution in [0.4, 0.5) is 0 Å². The first kappa shape index (κ1) is 14.4. The molecule has 0 bridgehead atoms. The van der Waals surface area contributed by atoms with Crippen LogP contribution < -0.4 is 10.6 Å². The molecule has 92 valence electrons. The van der Waals surface area contributed by atoms with Gasteiger partial charge in [-0.3, -0.25) is 9.59 Å². The first-order valence-electron chi connectivity index (χ1n) is 5.15. The fourth-order valence-corrected chi connectivity index (χ4v) is 1.11. The largest absolute Gasteiger partial charge is 0.480 e. The van der Waals surface area contributed by atoms with Gasteiger partial charge in [0.05, 0.1) is 6.54 Å². The molecule has 0 spiro atoms. The summed E-state index contributed by atoms with van der Waals surface area (Å²) in [6, 6.07) is -0.911. The topological polar surface area (TPSA) is 95.5 Å². The zero-order chi connectivity index (χ0) is 12.7. The minimum absolute atomic E-state index is 0.154. The van der Waals surface area contributed by atoms with E-state index in [0.717, 1.165) is 0 Å². The summed E-state index contributed by atoms with van der Waals surface area (Å²) in [5.74, 6) is -2.04. The van der Waals surface area contributed by atoms with Crippen molar-refractivity contribution in [3.05, 3.63) is 0 Å². The zero-order valence-corrected chi connectivity index (χ0v) is 9.74. The van der Waals surface area contributed by atoms with Gasteiger partial charge in [-0.1, -0.05) is 20.3 Å². The summed E-state index contributed by atoms with van der Waals surface area (Å²) in [4.78, 5) is 32.7. The van der Waals surface area contributed by atoms with Crippen molar-refractivity contribution in [2.45, 2.75) is 33.2 Å². The second kappa shape index (κ2) is 6.81. The Labute approximate surface area is 94.4 Å². The van der Waals surface area contributed by atoms with E-state index in [1.807, 2.05) is 6.92 Å². The second-order valence-corrected chi connectivity index (χ2v) is 3.68. The van der Waals surface area contributed by atoms with Crippen molar-refractivity contribution in [3.63, 3.8) is 0 Å². The summed E-state index contributed by atoms with van der Waals surface area (Å²) in [6.07, 6.45) is 0.650. The average Bonchev–Trinajstić information content (AvgIpc) is 2.21. The summed E-state index contributed by atoms with van der Waals surface area (Å²) in [5, 5.41) is 13.6. The van der Waals surface area contributed by atoms with Crippen molar-refractivity contribution < 1.29 is 19.5 Å². The van der Waals surface area contributed by atoms with Crippen LogP contribution in [0.1, 0.15) is 27.2 Å². The van der Waals surface area contributed by atoms with E-state index in [1.165, 1.54) is 6.92 Å². The summed E-state index contributed by atoms with van der Waals surface area (Å²) >= 11 is 0. The minimum atomic E-state index is -1.06. The molecule has 0 rings (SSSR count). The first-order valence-corrected chi connectivity index (χ1v) is 5.15. The molecule has 0 radical (unpaired) electrons. The highest BCUT2D eigenvalue weighted by Crippen LogP contribution is 2.07. The van der Waals surface area contributed by atoms with Crippen molar-refractivity contribution in [3.8, 4) is 0 Å². The van der Waals surface area contributed by atoms with Gasteiger partial charge in [0.2, 0.25) is 11.8 Å². The number of carboxylic acid groups (broad SMARTS) is 1. The smallest absolute Gasteiger partial charge is 0.326 e. The fraction of sp³-hybridized carbons (Fsp3) is 0.700. The molecule has 0 heterocycles. The van der Waals surface area contributed by atoms with E-state index in [4.69, 9.17) is 5.11 Å². The van der Waals surface area contributed by atoms with Crippen molar-refractivity contribution >= 4 is 17.8 Å². The highest BCUT2D eigenvalue weighted by Gasteiger charge is 2.24. The molecule has 0 fully saturated rings. The standard InChI is InChI=1S/C10H18N2O4/c1-4-6(2)9(10(15)16)12-8(14)5-11-7(3)13/h6,9H,4-5H2,1-3H3,(H,11,13)(H,12,14)(H,15,16)/t6-,9-/m0/s1. The molecule has 0 aromatic carbocycles. The van der Waals surface area contributed by atoms with Crippen LogP contribution in [0, 0.1) is 5.92 Å². The highest BCUT2D eigenvalue weighted by atomic mass is 16.4. The van der Waals surface area contributed by atoms with E-state index in [0.29, 0.717) is 6.42 Å². The van der Waals surface area contributed by atoms with Crippen LogP contribution in [0.5, 0.6) is 0 Å². The van der Waals surface area contributed by atoms with Gasteiger partial charge in [-0.2, -0.15) is 0 Å². The van der Waals surface area contributed by atoms with Gasteiger partial charge in [0.1, 0.15) is 6.04 Å². The quantitative estimate of drug-likeness (QED) is 0.585. The molecule has 0 saturated carbocycles.